The van der Waals surface area contributed by atoms with Crippen molar-refractivity contribution in [1.29, 1.82) is 0 Å². The van der Waals surface area contributed by atoms with Crippen LogP contribution in [0.2, 0.25) is 0 Å². The molecule has 0 spiro atoms. The molecule has 14 heavy (non-hydrogen) atoms. The quantitative estimate of drug-likeness (QED) is 0.745. The van der Waals surface area contributed by atoms with E-state index in [-0.39, 0.29) is 0 Å². The second kappa shape index (κ2) is 4.07. The highest BCUT2D eigenvalue weighted by Crippen LogP contribution is 2.27. The predicted octanol–water partition coefficient (Wildman–Crippen LogP) is 0.823. The van der Waals surface area contributed by atoms with Crippen LogP contribution >= 0.6 is 0 Å². The molecule has 1 aliphatic carbocycles. The summed E-state index contributed by atoms with van der Waals surface area (Å²) < 4.78 is 0. The SMILES string of the molecule is CNCC(O)c1cncc2c1CCC2. The first-order valence-electron chi connectivity index (χ1n) is 5.11. The first-order valence-corrected chi connectivity index (χ1v) is 5.11. The van der Waals surface area contributed by atoms with E-state index in [1.807, 2.05) is 13.2 Å². The fourth-order valence-electron chi connectivity index (χ4n) is 2.12. The zero-order chi connectivity index (χ0) is 9.97. The molecular weight excluding hydrogens is 176 g/mol. The molecule has 0 amide bonds. The van der Waals surface area contributed by atoms with Gasteiger partial charge in [0.1, 0.15) is 0 Å². The van der Waals surface area contributed by atoms with E-state index in [1.165, 1.54) is 17.5 Å². The zero-order valence-corrected chi connectivity index (χ0v) is 8.45. The van der Waals surface area contributed by atoms with Gasteiger partial charge < -0.3 is 10.4 Å². The van der Waals surface area contributed by atoms with Crippen LogP contribution in [0.4, 0.5) is 0 Å². The third-order valence-corrected chi connectivity index (χ3v) is 2.81. The maximum atomic E-state index is 9.88. The monoisotopic (exact) mass is 192 g/mol. The third kappa shape index (κ3) is 1.65. The number of aromatic nitrogens is 1. The minimum Gasteiger partial charge on any atom is -0.387 e. The van der Waals surface area contributed by atoms with E-state index in [9.17, 15) is 5.11 Å². The molecule has 2 N–H and O–H groups in total. The maximum Gasteiger partial charge on any atom is 0.0931 e. The molecule has 1 atom stereocenters. The number of likely N-dealkylation sites (N-methyl/N-ethyl adjacent to an activating group) is 1. The molecule has 1 aliphatic rings. The largest absolute Gasteiger partial charge is 0.387 e. The summed E-state index contributed by atoms with van der Waals surface area (Å²) in [6.45, 7) is 0.595. The van der Waals surface area contributed by atoms with Gasteiger partial charge in [-0.3, -0.25) is 4.98 Å². The van der Waals surface area contributed by atoms with Crippen molar-refractivity contribution in [2.75, 3.05) is 13.6 Å². The van der Waals surface area contributed by atoms with Crippen molar-refractivity contribution in [1.82, 2.24) is 10.3 Å². The number of aliphatic hydroxyl groups is 1. The number of hydrogen-bond acceptors (Lipinski definition) is 3. The van der Waals surface area contributed by atoms with Crippen molar-refractivity contribution >= 4 is 0 Å². The van der Waals surface area contributed by atoms with Crippen LogP contribution in [0.5, 0.6) is 0 Å². The Bertz CT molecular complexity index is 325. The number of hydrogen-bond donors (Lipinski definition) is 2. The van der Waals surface area contributed by atoms with Crippen molar-refractivity contribution in [2.45, 2.75) is 25.4 Å². The average Bonchev–Trinajstić information content (AvgIpc) is 2.65. The fourth-order valence-corrected chi connectivity index (χ4v) is 2.12. The molecular formula is C11H16N2O. The summed E-state index contributed by atoms with van der Waals surface area (Å²) in [6.07, 6.45) is 6.71. The molecule has 1 aromatic heterocycles. The van der Waals surface area contributed by atoms with Gasteiger partial charge >= 0.3 is 0 Å². The van der Waals surface area contributed by atoms with Crippen LogP contribution in [0.15, 0.2) is 12.4 Å². The summed E-state index contributed by atoms with van der Waals surface area (Å²) in [5, 5.41) is 12.9. The summed E-state index contributed by atoms with van der Waals surface area (Å²) >= 11 is 0. The summed E-state index contributed by atoms with van der Waals surface area (Å²) in [7, 11) is 1.85. The van der Waals surface area contributed by atoms with Gasteiger partial charge in [0.15, 0.2) is 0 Å². The molecule has 1 aromatic rings. The van der Waals surface area contributed by atoms with Crippen LogP contribution in [0, 0.1) is 0 Å². The Morgan fingerprint density at radius 2 is 2.36 bits per heavy atom. The van der Waals surface area contributed by atoms with E-state index in [4.69, 9.17) is 0 Å². The average molecular weight is 192 g/mol. The van der Waals surface area contributed by atoms with E-state index in [2.05, 4.69) is 10.3 Å². The standard InChI is InChI=1S/C11H16N2O/c1-12-7-11(14)10-6-13-5-8-3-2-4-9(8)10/h5-6,11-12,14H,2-4,7H2,1H3. The van der Waals surface area contributed by atoms with Crippen molar-refractivity contribution in [3.63, 3.8) is 0 Å². The van der Waals surface area contributed by atoms with Crippen molar-refractivity contribution in [2.24, 2.45) is 0 Å². The van der Waals surface area contributed by atoms with Gasteiger partial charge in [0.2, 0.25) is 0 Å². The fraction of sp³-hybridized carbons (Fsp3) is 0.545. The number of fused-ring (bicyclic) bond motifs is 1. The molecule has 3 heteroatoms. The first kappa shape index (κ1) is 9.62. The third-order valence-electron chi connectivity index (χ3n) is 2.81. The van der Waals surface area contributed by atoms with Gasteiger partial charge in [0.05, 0.1) is 6.10 Å². The molecule has 0 saturated carbocycles. The maximum absolute atomic E-state index is 9.88. The smallest absolute Gasteiger partial charge is 0.0931 e. The second-order valence-corrected chi connectivity index (χ2v) is 3.79. The number of nitrogens with zero attached hydrogens (tertiary/aromatic N) is 1. The number of rotatable bonds is 3. The highest BCUT2D eigenvalue weighted by molar-refractivity contribution is 5.36. The Labute approximate surface area is 84.2 Å². The van der Waals surface area contributed by atoms with E-state index in [1.54, 1.807) is 6.20 Å². The Balaban J connectivity index is 2.29. The topological polar surface area (TPSA) is 45.1 Å². The second-order valence-electron chi connectivity index (χ2n) is 3.79. The van der Waals surface area contributed by atoms with Crippen LogP contribution in [0.1, 0.15) is 29.2 Å². The lowest BCUT2D eigenvalue weighted by Crippen LogP contribution is -2.18. The molecule has 3 nitrogen and oxygen atoms in total. The normalized spacial score (nSPS) is 16.7. The van der Waals surface area contributed by atoms with E-state index in [0.717, 1.165) is 18.4 Å². The van der Waals surface area contributed by atoms with Gasteiger partial charge in [0.25, 0.3) is 0 Å². The number of nitrogens with one attached hydrogen (secondary N) is 1. The van der Waals surface area contributed by atoms with Crippen LogP contribution in [-0.4, -0.2) is 23.7 Å². The van der Waals surface area contributed by atoms with Gasteiger partial charge in [-0.05, 0) is 37.4 Å². The summed E-state index contributed by atoms with van der Waals surface area (Å²) in [6, 6.07) is 0. The number of aliphatic hydroxyl groups excluding tert-OH is 1. The van der Waals surface area contributed by atoms with Crippen molar-refractivity contribution in [3.05, 3.63) is 29.1 Å². The van der Waals surface area contributed by atoms with Crippen LogP contribution in [-0.2, 0) is 12.8 Å². The van der Waals surface area contributed by atoms with Crippen LogP contribution < -0.4 is 5.32 Å². The van der Waals surface area contributed by atoms with Crippen LogP contribution in [0.3, 0.4) is 0 Å². The Morgan fingerprint density at radius 1 is 1.50 bits per heavy atom. The summed E-state index contributed by atoms with van der Waals surface area (Å²) in [5.41, 5.74) is 3.65. The van der Waals surface area contributed by atoms with Gasteiger partial charge in [-0.25, -0.2) is 0 Å². The Hall–Kier alpha value is -0.930. The molecule has 1 unspecified atom stereocenters. The lowest BCUT2D eigenvalue weighted by Gasteiger charge is -2.13. The molecule has 76 valence electrons. The molecule has 0 aliphatic heterocycles. The predicted molar refractivity (Wildman–Crippen MR) is 55.1 cm³/mol. The highest BCUT2D eigenvalue weighted by atomic mass is 16.3. The molecule has 0 fully saturated rings. The summed E-state index contributed by atoms with van der Waals surface area (Å²) in [5.74, 6) is 0. The minimum atomic E-state index is -0.416. The lowest BCUT2D eigenvalue weighted by atomic mass is 10.0. The van der Waals surface area contributed by atoms with Crippen molar-refractivity contribution < 1.29 is 5.11 Å². The molecule has 0 aromatic carbocycles. The number of pyridine rings is 1. The van der Waals surface area contributed by atoms with Crippen LogP contribution in [0.25, 0.3) is 0 Å². The first-order chi connectivity index (χ1) is 6.83. The number of aryl methyl sites for hydroxylation is 1. The zero-order valence-electron chi connectivity index (χ0n) is 8.45. The molecule has 1 heterocycles. The van der Waals surface area contributed by atoms with Gasteiger partial charge in [-0.2, -0.15) is 0 Å². The molecule has 0 saturated heterocycles. The Morgan fingerprint density at radius 3 is 3.14 bits per heavy atom. The van der Waals surface area contributed by atoms with E-state index >= 15 is 0 Å². The van der Waals surface area contributed by atoms with Gasteiger partial charge in [-0.1, -0.05) is 0 Å². The van der Waals surface area contributed by atoms with Gasteiger partial charge in [0, 0.05) is 24.5 Å². The molecule has 0 radical (unpaired) electrons. The van der Waals surface area contributed by atoms with Crippen molar-refractivity contribution in [3.8, 4) is 0 Å². The van der Waals surface area contributed by atoms with E-state index < -0.39 is 6.10 Å². The van der Waals surface area contributed by atoms with Gasteiger partial charge in [-0.15, -0.1) is 0 Å². The minimum absolute atomic E-state index is 0.416. The summed E-state index contributed by atoms with van der Waals surface area (Å²) in [4.78, 5) is 4.17. The lowest BCUT2D eigenvalue weighted by molar-refractivity contribution is 0.176. The Kier molecular flexibility index (Phi) is 2.79. The highest BCUT2D eigenvalue weighted by Gasteiger charge is 2.18. The molecule has 0 bridgehead atoms. The van der Waals surface area contributed by atoms with E-state index in [0.29, 0.717) is 6.54 Å². The molecule has 2 rings (SSSR count).